The van der Waals surface area contributed by atoms with E-state index >= 15 is 0 Å². The molecule has 4 heteroatoms. The Hall–Kier alpha value is -0.560. The second-order valence-corrected chi connectivity index (χ2v) is 3.51. The molecule has 0 atom stereocenters. The average molecular weight is 246 g/mol. The molecule has 12 heavy (non-hydrogen) atoms. The van der Waals surface area contributed by atoms with Crippen molar-refractivity contribution < 1.29 is 0 Å². The van der Waals surface area contributed by atoms with Crippen LogP contribution in [-0.2, 0) is 6.54 Å². The van der Waals surface area contributed by atoms with Gasteiger partial charge in [0.25, 0.3) is 0 Å². The van der Waals surface area contributed by atoms with E-state index in [0.717, 1.165) is 5.56 Å². The molecule has 0 aromatic heterocycles. The van der Waals surface area contributed by atoms with Crippen molar-refractivity contribution in [3.05, 3.63) is 32.8 Å². The van der Waals surface area contributed by atoms with Crippen molar-refractivity contribution in [2.24, 2.45) is 5.73 Å². The van der Waals surface area contributed by atoms with E-state index in [0.29, 0.717) is 21.6 Å². The topological polar surface area (TPSA) is 49.8 Å². The lowest BCUT2D eigenvalue weighted by atomic mass is 10.1. The van der Waals surface area contributed by atoms with E-state index in [1.807, 2.05) is 6.07 Å². The molecule has 0 saturated carbocycles. The lowest BCUT2D eigenvalue weighted by Gasteiger charge is -2.01. The number of rotatable bonds is 1. The summed E-state index contributed by atoms with van der Waals surface area (Å²) in [6.07, 6.45) is 0. The molecule has 2 N–H and O–H groups in total. The third kappa shape index (κ3) is 1.78. The quantitative estimate of drug-likeness (QED) is 0.826. The van der Waals surface area contributed by atoms with Gasteiger partial charge in [-0.3, -0.25) is 0 Å². The molecule has 1 aromatic carbocycles. The number of hydrogen-bond acceptors (Lipinski definition) is 2. The summed E-state index contributed by atoms with van der Waals surface area (Å²) >= 11 is 9.04. The van der Waals surface area contributed by atoms with Crippen LogP contribution in [0.3, 0.4) is 0 Å². The van der Waals surface area contributed by atoms with Gasteiger partial charge in [-0.15, -0.1) is 0 Å². The fraction of sp³-hybridized carbons (Fsp3) is 0.125. The molecular weight excluding hydrogens is 239 g/mol. The number of halogens is 2. The average Bonchev–Trinajstić information content (AvgIpc) is 2.03. The SMILES string of the molecule is N#Cc1c(Cl)cc(CN)cc1Br. The van der Waals surface area contributed by atoms with E-state index in [1.165, 1.54) is 0 Å². The second kappa shape index (κ2) is 3.90. The molecule has 0 unspecified atom stereocenters. The van der Waals surface area contributed by atoms with E-state index in [2.05, 4.69) is 15.9 Å². The number of benzene rings is 1. The maximum absolute atomic E-state index is 8.67. The summed E-state index contributed by atoms with van der Waals surface area (Å²) in [6, 6.07) is 5.49. The summed E-state index contributed by atoms with van der Waals surface area (Å²) in [4.78, 5) is 0. The molecule has 1 aromatic rings. The zero-order valence-electron chi connectivity index (χ0n) is 6.14. The third-order valence-corrected chi connectivity index (χ3v) is 2.37. The smallest absolute Gasteiger partial charge is 0.102 e. The lowest BCUT2D eigenvalue weighted by molar-refractivity contribution is 1.07. The Morgan fingerprint density at radius 3 is 2.67 bits per heavy atom. The van der Waals surface area contributed by atoms with Crippen molar-refractivity contribution in [3.63, 3.8) is 0 Å². The molecule has 0 spiro atoms. The molecule has 0 fully saturated rings. The zero-order valence-corrected chi connectivity index (χ0v) is 8.48. The summed E-state index contributed by atoms with van der Waals surface area (Å²) < 4.78 is 0.693. The van der Waals surface area contributed by atoms with Crippen molar-refractivity contribution in [2.45, 2.75) is 6.54 Å². The van der Waals surface area contributed by atoms with Gasteiger partial charge in [0.2, 0.25) is 0 Å². The standard InChI is InChI=1S/C8H6BrClN2/c9-7-1-5(3-11)2-8(10)6(7)4-12/h1-2H,3,11H2. The molecule has 0 amide bonds. The van der Waals surface area contributed by atoms with Crippen LogP contribution in [0.25, 0.3) is 0 Å². The Morgan fingerprint density at radius 2 is 2.25 bits per heavy atom. The van der Waals surface area contributed by atoms with Crippen molar-refractivity contribution in [2.75, 3.05) is 0 Å². The van der Waals surface area contributed by atoms with Crippen molar-refractivity contribution in [3.8, 4) is 6.07 Å². The van der Waals surface area contributed by atoms with Gasteiger partial charge in [0, 0.05) is 11.0 Å². The molecule has 62 valence electrons. The highest BCUT2D eigenvalue weighted by atomic mass is 79.9. The summed E-state index contributed by atoms with van der Waals surface area (Å²) in [7, 11) is 0. The highest BCUT2D eigenvalue weighted by Crippen LogP contribution is 2.25. The van der Waals surface area contributed by atoms with Crippen LogP contribution in [0, 0.1) is 11.3 Å². The summed E-state index contributed by atoms with van der Waals surface area (Å²) in [5.41, 5.74) is 6.78. The molecule has 0 heterocycles. The van der Waals surface area contributed by atoms with Crippen molar-refractivity contribution in [1.82, 2.24) is 0 Å². The molecular formula is C8H6BrClN2. The second-order valence-electron chi connectivity index (χ2n) is 2.25. The van der Waals surface area contributed by atoms with E-state index in [-0.39, 0.29) is 0 Å². The monoisotopic (exact) mass is 244 g/mol. The normalized spacial score (nSPS) is 9.50. The maximum Gasteiger partial charge on any atom is 0.102 e. The number of hydrogen-bond donors (Lipinski definition) is 1. The van der Waals surface area contributed by atoms with Gasteiger partial charge in [0.1, 0.15) is 6.07 Å². The van der Waals surface area contributed by atoms with E-state index in [4.69, 9.17) is 22.6 Å². The molecule has 1 rings (SSSR count). The van der Waals surface area contributed by atoms with E-state index in [1.54, 1.807) is 12.1 Å². The van der Waals surface area contributed by atoms with E-state index < -0.39 is 0 Å². The lowest BCUT2D eigenvalue weighted by Crippen LogP contribution is -1.96. The molecule has 2 nitrogen and oxygen atoms in total. The molecule has 0 bridgehead atoms. The summed E-state index contributed by atoms with van der Waals surface area (Å²) in [5, 5.41) is 9.10. The van der Waals surface area contributed by atoms with Gasteiger partial charge in [0.15, 0.2) is 0 Å². The minimum absolute atomic E-state index is 0.421. The van der Waals surface area contributed by atoms with Crippen LogP contribution in [0.4, 0.5) is 0 Å². The van der Waals surface area contributed by atoms with Crippen molar-refractivity contribution >= 4 is 27.5 Å². The van der Waals surface area contributed by atoms with Crippen molar-refractivity contribution in [1.29, 1.82) is 5.26 Å². The number of nitrogens with two attached hydrogens (primary N) is 1. The number of nitriles is 1. The molecule has 0 saturated heterocycles. The first kappa shape index (κ1) is 9.53. The van der Waals surface area contributed by atoms with Gasteiger partial charge in [-0.05, 0) is 33.6 Å². The van der Waals surface area contributed by atoms with Gasteiger partial charge in [-0.2, -0.15) is 5.26 Å². The third-order valence-electron chi connectivity index (χ3n) is 1.45. The van der Waals surface area contributed by atoms with Gasteiger partial charge in [-0.1, -0.05) is 11.6 Å². The van der Waals surface area contributed by atoms with Gasteiger partial charge in [0.05, 0.1) is 10.6 Å². The Balaban J connectivity index is 3.30. The fourth-order valence-corrected chi connectivity index (χ4v) is 1.84. The van der Waals surface area contributed by atoms with Crippen LogP contribution >= 0.6 is 27.5 Å². The molecule has 0 aliphatic rings. The first-order valence-electron chi connectivity index (χ1n) is 3.27. The molecule has 0 radical (unpaired) electrons. The Kier molecular flexibility index (Phi) is 3.10. The van der Waals surface area contributed by atoms with Crippen LogP contribution in [0.2, 0.25) is 5.02 Å². The highest BCUT2D eigenvalue weighted by molar-refractivity contribution is 9.10. The van der Waals surface area contributed by atoms with E-state index in [9.17, 15) is 0 Å². The zero-order chi connectivity index (χ0) is 9.14. The van der Waals surface area contributed by atoms with Crippen LogP contribution in [-0.4, -0.2) is 0 Å². The predicted octanol–water partition coefficient (Wildman–Crippen LogP) is 2.43. The largest absolute Gasteiger partial charge is 0.326 e. The van der Waals surface area contributed by atoms with Gasteiger partial charge < -0.3 is 5.73 Å². The van der Waals surface area contributed by atoms with Gasteiger partial charge >= 0.3 is 0 Å². The van der Waals surface area contributed by atoms with Gasteiger partial charge in [-0.25, -0.2) is 0 Å². The Morgan fingerprint density at radius 1 is 1.58 bits per heavy atom. The summed E-state index contributed by atoms with van der Waals surface area (Å²) in [5.74, 6) is 0. The highest BCUT2D eigenvalue weighted by Gasteiger charge is 2.05. The molecule has 0 aliphatic carbocycles. The van der Waals surface area contributed by atoms with Crippen LogP contribution in [0.5, 0.6) is 0 Å². The minimum atomic E-state index is 0.421. The van der Waals surface area contributed by atoms with Crippen LogP contribution in [0.15, 0.2) is 16.6 Å². The first-order chi connectivity index (χ1) is 5.69. The maximum atomic E-state index is 8.67. The van der Waals surface area contributed by atoms with Crippen LogP contribution in [0.1, 0.15) is 11.1 Å². The number of nitrogens with zero attached hydrogens (tertiary/aromatic N) is 1. The predicted molar refractivity (Wildman–Crippen MR) is 51.8 cm³/mol. The fourth-order valence-electron chi connectivity index (χ4n) is 0.850. The minimum Gasteiger partial charge on any atom is -0.326 e. The first-order valence-corrected chi connectivity index (χ1v) is 4.44. The Bertz CT molecular complexity index is 320. The van der Waals surface area contributed by atoms with Crippen LogP contribution < -0.4 is 5.73 Å². The summed E-state index contributed by atoms with van der Waals surface area (Å²) in [6.45, 7) is 0.421. The molecule has 0 aliphatic heterocycles. The Labute approximate surface area is 84.1 Å².